The Labute approximate surface area is 173 Å². The smallest absolute Gasteiger partial charge is 0.339 e. The van der Waals surface area contributed by atoms with Gasteiger partial charge in [-0.2, -0.15) is 0 Å². The van der Waals surface area contributed by atoms with Crippen molar-refractivity contribution in [1.29, 1.82) is 0 Å². The number of ketones is 1. The van der Waals surface area contributed by atoms with Crippen LogP contribution in [0.4, 0.5) is 0 Å². The fourth-order valence-electron chi connectivity index (χ4n) is 2.84. The van der Waals surface area contributed by atoms with Gasteiger partial charge >= 0.3 is 5.97 Å². The van der Waals surface area contributed by atoms with Crippen LogP contribution in [0.5, 0.6) is 0 Å². The molecule has 0 saturated carbocycles. The first-order chi connectivity index (χ1) is 14.0. The second-order valence-electron chi connectivity index (χ2n) is 6.63. The molecule has 0 aliphatic carbocycles. The first-order valence-corrected chi connectivity index (χ1v) is 10.0. The molecule has 0 unspecified atom stereocenters. The standard InChI is InChI=1S/C23H21NO4S/c1-15-9-10-16(2)20(12-15)22(26)18-7-3-4-8-19(18)23(27)28-14-21(25)24-13-17-6-5-11-29-17/h3-12H,13-14H2,1-2H3,(H,24,25). The molecule has 1 amide bonds. The Bertz CT molecular complexity index is 1040. The van der Waals surface area contributed by atoms with Crippen LogP contribution in [0.3, 0.4) is 0 Å². The van der Waals surface area contributed by atoms with Crippen LogP contribution in [-0.4, -0.2) is 24.3 Å². The normalized spacial score (nSPS) is 10.4. The van der Waals surface area contributed by atoms with Crippen LogP contribution in [0.15, 0.2) is 60.0 Å². The molecule has 148 valence electrons. The largest absolute Gasteiger partial charge is 0.452 e. The topological polar surface area (TPSA) is 72.5 Å². The number of carbonyl (C=O) groups is 3. The monoisotopic (exact) mass is 407 g/mol. The highest BCUT2D eigenvalue weighted by Crippen LogP contribution is 2.19. The summed E-state index contributed by atoms with van der Waals surface area (Å²) in [7, 11) is 0. The number of amides is 1. The summed E-state index contributed by atoms with van der Waals surface area (Å²) in [5, 5.41) is 4.62. The van der Waals surface area contributed by atoms with Crippen molar-refractivity contribution in [3.8, 4) is 0 Å². The molecule has 1 N–H and O–H groups in total. The van der Waals surface area contributed by atoms with Gasteiger partial charge in [0, 0.05) is 16.0 Å². The average molecular weight is 407 g/mol. The number of nitrogens with one attached hydrogen (secondary N) is 1. The minimum atomic E-state index is -0.703. The van der Waals surface area contributed by atoms with Crippen LogP contribution < -0.4 is 5.32 Å². The first-order valence-electron chi connectivity index (χ1n) is 9.13. The first kappa shape index (κ1) is 20.5. The lowest BCUT2D eigenvalue weighted by Crippen LogP contribution is -2.28. The maximum atomic E-state index is 13.0. The van der Waals surface area contributed by atoms with Crippen molar-refractivity contribution in [2.24, 2.45) is 0 Å². The molecule has 1 aromatic heterocycles. The third-order valence-electron chi connectivity index (χ3n) is 4.40. The van der Waals surface area contributed by atoms with Gasteiger partial charge in [0.1, 0.15) is 0 Å². The van der Waals surface area contributed by atoms with Crippen molar-refractivity contribution in [3.63, 3.8) is 0 Å². The van der Waals surface area contributed by atoms with Crippen LogP contribution in [0.25, 0.3) is 0 Å². The third-order valence-corrected chi connectivity index (χ3v) is 5.28. The number of carbonyl (C=O) groups excluding carboxylic acids is 3. The third kappa shape index (κ3) is 5.18. The van der Waals surface area contributed by atoms with E-state index in [9.17, 15) is 14.4 Å². The summed E-state index contributed by atoms with van der Waals surface area (Å²) < 4.78 is 5.14. The second-order valence-corrected chi connectivity index (χ2v) is 7.66. The molecule has 3 rings (SSSR count). The van der Waals surface area contributed by atoms with E-state index in [4.69, 9.17) is 4.74 Å². The van der Waals surface area contributed by atoms with Crippen molar-refractivity contribution >= 4 is 29.0 Å². The van der Waals surface area contributed by atoms with Crippen molar-refractivity contribution < 1.29 is 19.1 Å². The van der Waals surface area contributed by atoms with Crippen LogP contribution in [0.1, 0.15) is 42.3 Å². The van der Waals surface area contributed by atoms with Gasteiger partial charge < -0.3 is 10.1 Å². The van der Waals surface area contributed by atoms with Gasteiger partial charge in [0.15, 0.2) is 12.4 Å². The lowest BCUT2D eigenvalue weighted by atomic mass is 9.94. The molecule has 0 atom stereocenters. The van der Waals surface area contributed by atoms with Crippen molar-refractivity contribution in [3.05, 3.63) is 92.7 Å². The molecule has 0 spiro atoms. The fourth-order valence-corrected chi connectivity index (χ4v) is 3.49. The van der Waals surface area contributed by atoms with E-state index in [1.54, 1.807) is 24.3 Å². The lowest BCUT2D eigenvalue weighted by Gasteiger charge is -2.11. The van der Waals surface area contributed by atoms with Gasteiger partial charge in [0.25, 0.3) is 5.91 Å². The number of ether oxygens (including phenoxy) is 1. The lowest BCUT2D eigenvalue weighted by molar-refractivity contribution is -0.124. The van der Waals surface area contributed by atoms with Crippen molar-refractivity contribution in [2.75, 3.05) is 6.61 Å². The molecule has 5 nitrogen and oxygen atoms in total. The summed E-state index contributed by atoms with van der Waals surface area (Å²) in [5.74, 6) is -1.35. The molecule has 0 aliphatic rings. The number of esters is 1. The molecule has 0 radical (unpaired) electrons. The maximum Gasteiger partial charge on any atom is 0.339 e. The summed E-state index contributed by atoms with van der Waals surface area (Å²) in [4.78, 5) is 38.5. The molecule has 0 bridgehead atoms. The highest BCUT2D eigenvalue weighted by molar-refractivity contribution is 7.09. The van der Waals surface area contributed by atoms with Gasteiger partial charge in [-0.15, -0.1) is 11.3 Å². The Kier molecular flexibility index (Phi) is 6.57. The molecule has 0 aliphatic heterocycles. The summed E-state index contributed by atoms with van der Waals surface area (Å²) in [6.45, 7) is 3.74. The van der Waals surface area contributed by atoms with Crippen LogP contribution in [0, 0.1) is 13.8 Å². The van der Waals surface area contributed by atoms with Crippen LogP contribution in [0.2, 0.25) is 0 Å². The van der Waals surface area contributed by atoms with Gasteiger partial charge in [0.2, 0.25) is 0 Å². The predicted molar refractivity (Wildman–Crippen MR) is 112 cm³/mol. The average Bonchev–Trinajstić information content (AvgIpc) is 3.25. The second kappa shape index (κ2) is 9.30. The van der Waals surface area contributed by atoms with Gasteiger partial charge in [-0.05, 0) is 43.0 Å². The van der Waals surface area contributed by atoms with Crippen molar-refractivity contribution in [2.45, 2.75) is 20.4 Å². The van der Waals surface area contributed by atoms with E-state index < -0.39 is 18.5 Å². The van der Waals surface area contributed by atoms with Crippen LogP contribution in [-0.2, 0) is 16.1 Å². The molecular weight excluding hydrogens is 386 g/mol. The highest BCUT2D eigenvalue weighted by Gasteiger charge is 2.21. The SMILES string of the molecule is Cc1ccc(C)c(C(=O)c2ccccc2C(=O)OCC(=O)NCc2cccs2)c1. The highest BCUT2D eigenvalue weighted by atomic mass is 32.1. The Morgan fingerprint density at radius 2 is 1.69 bits per heavy atom. The minimum Gasteiger partial charge on any atom is -0.452 e. The van der Waals surface area contributed by atoms with Gasteiger partial charge in [-0.3, -0.25) is 9.59 Å². The number of rotatable bonds is 7. The Morgan fingerprint density at radius 3 is 2.41 bits per heavy atom. The molecule has 3 aromatic rings. The van der Waals surface area contributed by atoms with E-state index in [0.29, 0.717) is 12.1 Å². The number of aryl methyl sites for hydroxylation is 2. The molecule has 2 aromatic carbocycles. The zero-order valence-electron chi connectivity index (χ0n) is 16.2. The van der Waals surface area contributed by atoms with Gasteiger partial charge in [-0.25, -0.2) is 4.79 Å². The predicted octanol–water partition coefficient (Wildman–Crippen LogP) is 4.07. The summed E-state index contributed by atoms with van der Waals surface area (Å²) >= 11 is 1.53. The van der Waals surface area contributed by atoms with Crippen LogP contribution >= 0.6 is 11.3 Å². The molecule has 0 saturated heterocycles. The summed E-state index contributed by atoms with van der Waals surface area (Å²) in [5.41, 5.74) is 2.73. The number of hydrogen-bond donors (Lipinski definition) is 1. The number of benzene rings is 2. The molecule has 29 heavy (non-hydrogen) atoms. The molecular formula is C23H21NO4S. The maximum absolute atomic E-state index is 13.0. The number of hydrogen-bond acceptors (Lipinski definition) is 5. The molecule has 0 fully saturated rings. The van der Waals surface area contributed by atoms with Crippen molar-refractivity contribution in [1.82, 2.24) is 5.32 Å². The Balaban J connectivity index is 1.69. The molecule has 1 heterocycles. The van der Waals surface area contributed by atoms with E-state index in [2.05, 4.69) is 5.32 Å². The zero-order chi connectivity index (χ0) is 20.8. The summed E-state index contributed by atoms with van der Waals surface area (Å²) in [6.07, 6.45) is 0. The quantitative estimate of drug-likeness (QED) is 0.473. The van der Waals surface area contributed by atoms with Gasteiger partial charge in [0.05, 0.1) is 12.1 Å². The fraction of sp³-hybridized carbons (Fsp3) is 0.174. The van der Waals surface area contributed by atoms with E-state index >= 15 is 0 Å². The molecule has 6 heteroatoms. The van der Waals surface area contributed by atoms with E-state index in [1.165, 1.54) is 17.4 Å². The van der Waals surface area contributed by atoms with Gasteiger partial charge in [-0.1, -0.05) is 42.0 Å². The zero-order valence-corrected chi connectivity index (χ0v) is 17.0. The summed E-state index contributed by atoms with van der Waals surface area (Å²) in [6, 6.07) is 15.9. The van der Waals surface area contributed by atoms with E-state index in [-0.39, 0.29) is 16.9 Å². The number of thiophene rings is 1. The van der Waals surface area contributed by atoms with E-state index in [1.807, 2.05) is 43.5 Å². The van der Waals surface area contributed by atoms with E-state index in [0.717, 1.165) is 16.0 Å². The minimum absolute atomic E-state index is 0.143. The Morgan fingerprint density at radius 1 is 0.931 bits per heavy atom. The Hall–Kier alpha value is -3.25.